The summed E-state index contributed by atoms with van der Waals surface area (Å²) in [7, 11) is 2.01. The van der Waals surface area contributed by atoms with Gasteiger partial charge in [0.1, 0.15) is 0 Å². The number of ketones is 1. The van der Waals surface area contributed by atoms with Gasteiger partial charge < -0.3 is 10.2 Å². The van der Waals surface area contributed by atoms with Crippen LogP contribution in [-0.2, 0) is 4.79 Å². The first kappa shape index (κ1) is 11.6. The lowest BCUT2D eigenvalue weighted by atomic mass is 10.1. The fraction of sp³-hybridized carbons (Fsp3) is 0.385. The average molecular weight is 232 g/mol. The van der Waals surface area contributed by atoms with E-state index in [4.69, 9.17) is 0 Å². The number of carbonyl (C=O) groups is 2. The van der Waals surface area contributed by atoms with Crippen molar-refractivity contribution in [1.82, 2.24) is 0 Å². The number of Topliss-reactive ketones (excluding diaryl/α,β-unsaturated/α-hetero) is 1. The maximum atomic E-state index is 11.4. The molecule has 0 saturated carbocycles. The van der Waals surface area contributed by atoms with E-state index >= 15 is 0 Å². The van der Waals surface area contributed by atoms with Crippen molar-refractivity contribution in [2.45, 2.75) is 26.3 Å². The summed E-state index contributed by atoms with van der Waals surface area (Å²) < 4.78 is 0. The number of carbonyl (C=O) groups excluding carboxylic acids is 2. The van der Waals surface area contributed by atoms with Crippen LogP contribution in [-0.4, -0.2) is 24.8 Å². The van der Waals surface area contributed by atoms with Gasteiger partial charge in [-0.15, -0.1) is 0 Å². The highest BCUT2D eigenvalue weighted by Gasteiger charge is 2.28. The molecule has 1 N–H and O–H groups in total. The van der Waals surface area contributed by atoms with Crippen LogP contribution in [0.25, 0.3) is 0 Å². The van der Waals surface area contributed by atoms with Crippen LogP contribution in [0.2, 0.25) is 0 Å². The number of amides is 1. The molecule has 0 fully saturated rings. The van der Waals surface area contributed by atoms with E-state index in [1.54, 1.807) is 6.07 Å². The zero-order chi connectivity index (χ0) is 12.6. The largest absolute Gasteiger partial charge is 0.372 e. The molecule has 0 saturated heterocycles. The monoisotopic (exact) mass is 232 g/mol. The van der Waals surface area contributed by atoms with Crippen molar-refractivity contribution >= 4 is 23.1 Å². The minimum Gasteiger partial charge on any atom is -0.372 e. The molecule has 1 aromatic carbocycles. The minimum atomic E-state index is -0.539. The maximum absolute atomic E-state index is 11.4. The molecule has 0 spiro atoms. The number of nitrogens with zero attached hydrogens (tertiary/aromatic N) is 1. The van der Waals surface area contributed by atoms with Gasteiger partial charge in [-0.1, -0.05) is 6.92 Å². The van der Waals surface area contributed by atoms with E-state index in [2.05, 4.69) is 24.1 Å². The Hall–Kier alpha value is -1.84. The van der Waals surface area contributed by atoms with Crippen molar-refractivity contribution in [3.05, 3.63) is 23.8 Å². The topological polar surface area (TPSA) is 49.4 Å². The molecule has 1 amide bonds. The number of benzene rings is 1. The predicted octanol–water partition coefficient (Wildman–Crippen LogP) is 2.06. The number of hydrogen-bond acceptors (Lipinski definition) is 3. The first-order chi connectivity index (χ1) is 8.04. The van der Waals surface area contributed by atoms with E-state index in [0.717, 1.165) is 12.1 Å². The lowest BCUT2D eigenvalue weighted by Crippen LogP contribution is -2.27. The first-order valence-corrected chi connectivity index (χ1v) is 5.77. The molecule has 1 aromatic rings. The van der Waals surface area contributed by atoms with Crippen LogP contribution in [0.15, 0.2) is 18.2 Å². The minimum absolute atomic E-state index is 0.417. The van der Waals surface area contributed by atoms with Crippen molar-refractivity contribution in [2.75, 3.05) is 17.3 Å². The van der Waals surface area contributed by atoms with Gasteiger partial charge in [-0.05, 0) is 31.5 Å². The molecule has 1 aliphatic heterocycles. The standard InChI is InChI=1S/C13H16N2O2/c1-4-8(2)15(3)9-5-6-10-11(7-9)14-13(17)12(10)16/h5-8H,4H2,1-3H3,(H,14,16,17). The van der Waals surface area contributed by atoms with Crippen LogP contribution in [0.3, 0.4) is 0 Å². The second kappa shape index (κ2) is 4.20. The Morgan fingerprint density at radius 3 is 2.71 bits per heavy atom. The number of anilines is 2. The lowest BCUT2D eigenvalue weighted by Gasteiger charge is -2.26. The Morgan fingerprint density at radius 1 is 1.35 bits per heavy atom. The lowest BCUT2D eigenvalue weighted by molar-refractivity contribution is -0.112. The molecular formula is C13H16N2O2. The van der Waals surface area contributed by atoms with Crippen molar-refractivity contribution in [2.24, 2.45) is 0 Å². The van der Waals surface area contributed by atoms with Gasteiger partial charge in [0.2, 0.25) is 0 Å². The third kappa shape index (κ3) is 1.90. The van der Waals surface area contributed by atoms with E-state index in [0.29, 0.717) is 17.3 Å². The summed E-state index contributed by atoms with van der Waals surface area (Å²) in [4.78, 5) is 24.8. The molecule has 1 unspecified atom stereocenters. The zero-order valence-electron chi connectivity index (χ0n) is 10.3. The van der Waals surface area contributed by atoms with Crippen molar-refractivity contribution < 1.29 is 9.59 Å². The Kier molecular flexibility index (Phi) is 2.88. The fourth-order valence-electron chi connectivity index (χ4n) is 1.88. The molecule has 90 valence electrons. The second-order valence-electron chi connectivity index (χ2n) is 4.38. The van der Waals surface area contributed by atoms with Gasteiger partial charge in [-0.2, -0.15) is 0 Å². The van der Waals surface area contributed by atoms with E-state index in [1.807, 2.05) is 19.2 Å². The van der Waals surface area contributed by atoms with Crippen molar-refractivity contribution in [3.8, 4) is 0 Å². The average Bonchev–Trinajstić information content (AvgIpc) is 2.62. The zero-order valence-corrected chi connectivity index (χ0v) is 10.3. The van der Waals surface area contributed by atoms with Gasteiger partial charge in [0.25, 0.3) is 11.7 Å². The third-order valence-electron chi connectivity index (χ3n) is 3.36. The van der Waals surface area contributed by atoms with Crippen molar-refractivity contribution in [1.29, 1.82) is 0 Å². The van der Waals surface area contributed by atoms with E-state index in [-0.39, 0.29) is 0 Å². The Bertz CT molecular complexity index is 482. The van der Waals surface area contributed by atoms with Crippen LogP contribution >= 0.6 is 0 Å². The number of hydrogen-bond donors (Lipinski definition) is 1. The second-order valence-corrected chi connectivity index (χ2v) is 4.38. The number of fused-ring (bicyclic) bond motifs is 1. The molecule has 1 heterocycles. The van der Waals surface area contributed by atoms with Gasteiger partial charge in [0.05, 0.1) is 11.3 Å². The van der Waals surface area contributed by atoms with Crippen LogP contribution in [0.4, 0.5) is 11.4 Å². The van der Waals surface area contributed by atoms with Gasteiger partial charge in [-0.3, -0.25) is 9.59 Å². The molecule has 0 bridgehead atoms. The highest BCUT2D eigenvalue weighted by molar-refractivity contribution is 6.51. The van der Waals surface area contributed by atoms with Crippen LogP contribution in [0.5, 0.6) is 0 Å². The molecule has 0 aromatic heterocycles. The quantitative estimate of drug-likeness (QED) is 0.811. The highest BCUT2D eigenvalue weighted by atomic mass is 16.2. The Balaban J connectivity index is 2.33. The van der Waals surface area contributed by atoms with E-state index in [9.17, 15) is 9.59 Å². The molecule has 1 atom stereocenters. The molecule has 2 rings (SSSR count). The van der Waals surface area contributed by atoms with Gasteiger partial charge in [0, 0.05) is 18.8 Å². The van der Waals surface area contributed by atoms with Gasteiger partial charge in [-0.25, -0.2) is 0 Å². The van der Waals surface area contributed by atoms with Crippen LogP contribution < -0.4 is 10.2 Å². The smallest absolute Gasteiger partial charge is 0.296 e. The van der Waals surface area contributed by atoms with Crippen LogP contribution in [0, 0.1) is 0 Å². The fourth-order valence-corrected chi connectivity index (χ4v) is 1.88. The summed E-state index contributed by atoms with van der Waals surface area (Å²) in [5.41, 5.74) is 2.09. The molecule has 0 aliphatic carbocycles. The van der Waals surface area contributed by atoms with E-state index in [1.165, 1.54) is 0 Å². The number of nitrogens with one attached hydrogen (secondary N) is 1. The highest BCUT2D eigenvalue weighted by Crippen LogP contribution is 2.28. The molecule has 4 heteroatoms. The van der Waals surface area contributed by atoms with Crippen LogP contribution in [0.1, 0.15) is 30.6 Å². The third-order valence-corrected chi connectivity index (χ3v) is 3.36. The summed E-state index contributed by atoms with van der Waals surface area (Å²) in [6, 6.07) is 5.86. The molecule has 4 nitrogen and oxygen atoms in total. The van der Waals surface area contributed by atoms with Gasteiger partial charge >= 0.3 is 0 Å². The van der Waals surface area contributed by atoms with Crippen molar-refractivity contribution in [3.63, 3.8) is 0 Å². The Labute approximate surface area is 101 Å². The molecule has 17 heavy (non-hydrogen) atoms. The molecule has 1 aliphatic rings. The summed E-state index contributed by atoms with van der Waals surface area (Å²) in [6.07, 6.45) is 1.04. The van der Waals surface area contributed by atoms with Gasteiger partial charge in [0.15, 0.2) is 0 Å². The Morgan fingerprint density at radius 2 is 2.06 bits per heavy atom. The van der Waals surface area contributed by atoms with E-state index < -0.39 is 11.7 Å². The molecular weight excluding hydrogens is 216 g/mol. The first-order valence-electron chi connectivity index (χ1n) is 5.77. The number of rotatable bonds is 3. The molecule has 0 radical (unpaired) electrons. The summed E-state index contributed by atoms with van der Waals surface area (Å²) in [5, 5.41) is 2.58. The maximum Gasteiger partial charge on any atom is 0.296 e. The SMILES string of the molecule is CCC(C)N(C)c1ccc2c(c1)NC(=O)C2=O. The normalized spacial score (nSPS) is 15.5. The predicted molar refractivity (Wildman–Crippen MR) is 67.6 cm³/mol. The summed E-state index contributed by atoms with van der Waals surface area (Å²) in [6.45, 7) is 4.26. The summed E-state index contributed by atoms with van der Waals surface area (Å²) >= 11 is 0. The summed E-state index contributed by atoms with van der Waals surface area (Å²) in [5.74, 6) is -0.985.